The number of esters is 1. The van der Waals surface area contributed by atoms with Gasteiger partial charge in [0.25, 0.3) is 0 Å². The van der Waals surface area contributed by atoms with E-state index in [1.54, 1.807) is 0 Å². The van der Waals surface area contributed by atoms with E-state index in [9.17, 15) is 9.90 Å². The summed E-state index contributed by atoms with van der Waals surface area (Å²) in [6.45, 7) is 4.46. The molecule has 3 heteroatoms. The zero-order chi connectivity index (χ0) is 18.3. The smallest absolute Gasteiger partial charge is 0.313 e. The normalized spacial score (nSPS) is 21.0. The fourth-order valence-electron chi connectivity index (χ4n) is 3.78. The Morgan fingerprint density at radius 3 is 1.92 bits per heavy atom. The first-order valence-electron chi connectivity index (χ1n) is 11.1. The lowest BCUT2D eigenvalue weighted by molar-refractivity contribution is -0.188. The third-order valence-corrected chi connectivity index (χ3v) is 5.53. The van der Waals surface area contributed by atoms with Crippen LogP contribution in [0.1, 0.15) is 117 Å². The van der Waals surface area contributed by atoms with Crippen molar-refractivity contribution in [2.45, 2.75) is 129 Å². The van der Waals surface area contributed by atoms with Crippen molar-refractivity contribution in [2.24, 2.45) is 5.92 Å². The van der Waals surface area contributed by atoms with Gasteiger partial charge in [-0.25, -0.2) is 0 Å². The summed E-state index contributed by atoms with van der Waals surface area (Å²) in [7, 11) is 0. The number of aliphatic hydroxyl groups is 1. The molecule has 148 valence electrons. The van der Waals surface area contributed by atoms with Gasteiger partial charge in [0.05, 0.1) is 12.0 Å². The Morgan fingerprint density at radius 2 is 1.36 bits per heavy atom. The Morgan fingerprint density at radius 1 is 0.840 bits per heavy atom. The second kappa shape index (κ2) is 14.6. The van der Waals surface area contributed by atoms with E-state index in [1.807, 2.05) is 0 Å². The van der Waals surface area contributed by atoms with Crippen molar-refractivity contribution in [1.29, 1.82) is 0 Å². The summed E-state index contributed by atoms with van der Waals surface area (Å²) in [5.74, 6) is -0.137. The molecular formula is C22H42O3. The summed E-state index contributed by atoms with van der Waals surface area (Å²) < 4.78 is 5.28. The Balaban J connectivity index is 1.99. The molecule has 0 saturated carbocycles. The lowest BCUT2D eigenvalue weighted by atomic mass is 9.86. The highest BCUT2D eigenvalue weighted by molar-refractivity contribution is 5.78. The molecule has 3 nitrogen and oxygen atoms in total. The maximum Gasteiger partial charge on any atom is 0.313 e. The highest BCUT2D eigenvalue weighted by atomic mass is 16.6. The number of carbonyl (C=O) groups excluding carboxylic acids is 1. The molecule has 0 amide bonds. The topological polar surface area (TPSA) is 46.5 Å². The van der Waals surface area contributed by atoms with Crippen LogP contribution >= 0.6 is 0 Å². The molecule has 1 rings (SSSR count). The Labute approximate surface area is 155 Å². The SMILES string of the molecule is CCCCCCCCCCC[C@@H](O)C[C@@H]1C(=O)O[C@H]1CCCCCC. The maximum atomic E-state index is 11.7. The van der Waals surface area contributed by atoms with Gasteiger partial charge in [0.1, 0.15) is 6.10 Å². The molecule has 25 heavy (non-hydrogen) atoms. The van der Waals surface area contributed by atoms with Crippen LogP contribution in [0.4, 0.5) is 0 Å². The van der Waals surface area contributed by atoms with Gasteiger partial charge in [0.15, 0.2) is 0 Å². The fraction of sp³-hybridized carbons (Fsp3) is 0.955. The van der Waals surface area contributed by atoms with Crippen molar-refractivity contribution < 1.29 is 14.6 Å². The van der Waals surface area contributed by atoms with Gasteiger partial charge in [-0.15, -0.1) is 0 Å². The van der Waals surface area contributed by atoms with E-state index < -0.39 is 0 Å². The summed E-state index contributed by atoms with van der Waals surface area (Å²) in [5.41, 5.74) is 0. The predicted molar refractivity (Wildman–Crippen MR) is 105 cm³/mol. The van der Waals surface area contributed by atoms with Gasteiger partial charge < -0.3 is 9.84 Å². The van der Waals surface area contributed by atoms with Crippen LogP contribution in [0.15, 0.2) is 0 Å². The van der Waals surface area contributed by atoms with Gasteiger partial charge in [-0.3, -0.25) is 4.79 Å². The molecule has 1 saturated heterocycles. The molecule has 0 spiro atoms. The van der Waals surface area contributed by atoms with E-state index >= 15 is 0 Å². The van der Waals surface area contributed by atoms with E-state index in [0.29, 0.717) is 6.42 Å². The van der Waals surface area contributed by atoms with Gasteiger partial charge >= 0.3 is 5.97 Å². The van der Waals surface area contributed by atoms with Crippen molar-refractivity contribution in [3.8, 4) is 0 Å². The molecule has 0 aromatic carbocycles. The lowest BCUT2D eigenvalue weighted by Crippen LogP contribution is -2.46. The largest absolute Gasteiger partial charge is 0.461 e. The predicted octanol–water partition coefficient (Wildman–Crippen LogP) is 6.17. The van der Waals surface area contributed by atoms with E-state index in [-0.39, 0.29) is 24.1 Å². The minimum Gasteiger partial charge on any atom is -0.461 e. The molecule has 0 unspecified atom stereocenters. The second-order valence-electron chi connectivity index (χ2n) is 7.94. The van der Waals surface area contributed by atoms with Gasteiger partial charge in [-0.2, -0.15) is 0 Å². The Kier molecular flexibility index (Phi) is 13.1. The highest BCUT2D eigenvalue weighted by Crippen LogP contribution is 2.31. The second-order valence-corrected chi connectivity index (χ2v) is 7.94. The molecule has 0 radical (unpaired) electrons. The highest BCUT2D eigenvalue weighted by Gasteiger charge is 2.42. The summed E-state index contributed by atoms with van der Waals surface area (Å²) in [4.78, 5) is 11.7. The number of hydrogen-bond donors (Lipinski definition) is 1. The lowest BCUT2D eigenvalue weighted by Gasteiger charge is -2.36. The van der Waals surface area contributed by atoms with Gasteiger partial charge in [-0.05, 0) is 25.7 Å². The zero-order valence-corrected chi connectivity index (χ0v) is 16.8. The summed E-state index contributed by atoms with van der Waals surface area (Å²) in [5, 5.41) is 10.2. The Bertz CT molecular complexity index is 329. The Hall–Kier alpha value is -0.570. The zero-order valence-electron chi connectivity index (χ0n) is 16.8. The van der Waals surface area contributed by atoms with Crippen LogP contribution in [0.25, 0.3) is 0 Å². The minimum absolute atomic E-state index is 0.0461. The summed E-state index contributed by atoms with van der Waals surface area (Å²) in [6, 6.07) is 0. The summed E-state index contributed by atoms with van der Waals surface area (Å²) in [6.07, 6.45) is 18.7. The number of cyclic esters (lactones) is 1. The van der Waals surface area contributed by atoms with Gasteiger partial charge in [0.2, 0.25) is 0 Å². The van der Waals surface area contributed by atoms with E-state index in [4.69, 9.17) is 4.74 Å². The monoisotopic (exact) mass is 354 g/mol. The number of aliphatic hydroxyl groups excluding tert-OH is 1. The third kappa shape index (κ3) is 10.2. The van der Waals surface area contributed by atoms with E-state index in [0.717, 1.165) is 25.7 Å². The standard InChI is InChI=1S/C22H42O3/c1-3-5-7-9-10-11-12-13-14-16-19(23)18-20-21(25-22(20)24)17-15-8-6-4-2/h19-21,23H,3-18H2,1-2H3/t19-,20+,21+/m1/s1. The minimum atomic E-state index is -0.333. The van der Waals surface area contributed by atoms with Gasteiger partial charge in [-0.1, -0.05) is 90.9 Å². The first kappa shape index (κ1) is 22.5. The first-order chi connectivity index (χ1) is 12.2. The van der Waals surface area contributed by atoms with Crippen molar-refractivity contribution in [2.75, 3.05) is 0 Å². The van der Waals surface area contributed by atoms with Crippen LogP contribution in [-0.2, 0) is 9.53 Å². The van der Waals surface area contributed by atoms with Crippen LogP contribution in [0.2, 0.25) is 0 Å². The number of ether oxygens (including phenoxy) is 1. The van der Waals surface area contributed by atoms with Crippen molar-refractivity contribution in [1.82, 2.24) is 0 Å². The molecule has 1 fully saturated rings. The van der Waals surface area contributed by atoms with Crippen LogP contribution < -0.4 is 0 Å². The van der Waals surface area contributed by atoms with Gasteiger partial charge in [0, 0.05) is 0 Å². The molecule has 1 heterocycles. The van der Waals surface area contributed by atoms with E-state index in [1.165, 1.54) is 70.6 Å². The fourth-order valence-corrected chi connectivity index (χ4v) is 3.78. The molecule has 0 aliphatic carbocycles. The maximum absolute atomic E-state index is 11.7. The third-order valence-electron chi connectivity index (χ3n) is 5.53. The molecule has 1 aliphatic heterocycles. The number of unbranched alkanes of at least 4 members (excludes halogenated alkanes) is 11. The molecule has 1 N–H and O–H groups in total. The van der Waals surface area contributed by atoms with Crippen molar-refractivity contribution in [3.63, 3.8) is 0 Å². The quantitative estimate of drug-likeness (QED) is 0.251. The molecule has 1 aliphatic rings. The first-order valence-corrected chi connectivity index (χ1v) is 11.1. The number of hydrogen-bond acceptors (Lipinski definition) is 3. The average Bonchev–Trinajstić information content (AvgIpc) is 2.61. The van der Waals surface area contributed by atoms with Crippen LogP contribution in [0, 0.1) is 5.92 Å². The van der Waals surface area contributed by atoms with Crippen molar-refractivity contribution in [3.05, 3.63) is 0 Å². The molecule has 3 atom stereocenters. The summed E-state index contributed by atoms with van der Waals surface area (Å²) >= 11 is 0. The average molecular weight is 355 g/mol. The molecular weight excluding hydrogens is 312 g/mol. The van der Waals surface area contributed by atoms with Crippen LogP contribution in [0.3, 0.4) is 0 Å². The van der Waals surface area contributed by atoms with Crippen LogP contribution in [0.5, 0.6) is 0 Å². The number of rotatable bonds is 17. The van der Waals surface area contributed by atoms with Crippen molar-refractivity contribution >= 4 is 5.97 Å². The molecule has 0 aromatic rings. The van der Waals surface area contributed by atoms with Crippen LogP contribution in [-0.4, -0.2) is 23.3 Å². The van der Waals surface area contributed by atoms with E-state index in [2.05, 4.69) is 13.8 Å². The molecule has 0 aromatic heterocycles. The molecule has 0 bridgehead atoms. The number of carbonyl (C=O) groups is 1.